The highest BCUT2D eigenvalue weighted by Crippen LogP contribution is 2.02. The molecule has 22 heavy (non-hydrogen) atoms. The molecule has 0 aromatic heterocycles. The third-order valence-corrected chi connectivity index (χ3v) is 2.82. The van der Waals surface area contributed by atoms with E-state index in [1.54, 1.807) is 0 Å². The molecule has 0 aliphatic carbocycles. The number of carbonyl (C=O) groups excluding carboxylic acids is 1. The van der Waals surface area contributed by atoms with Gasteiger partial charge in [-0.15, -0.1) is 0 Å². The summed E-state index contributed by atoms with van der Waals surface area (Å²) in [5.74, 6) is 0.587. The van der Waals surface area contributed by atoms with E-state index < -0.39 is 0 Å². The molecule has 0 saturated heterocycles. The summed E-state index contributed by atoms with van der Waals surface area (Å²) in [6.07, 6.45) is 2.24. The van der Waals surface area contributed by atoms with Crippen LogP contribution in [0.2, 0.25) is 0 Å². The number of hydrogen-bond donors (Lipinski definition) is 1. The van der Waals surface area contributed by atoms with Crippen molar-refractivity contribution in [2.75, 3.05) is 59.4 Å². The smallest absolute Gasteiger partial charge is 0.246 e. The Morgan fingerprint density at radius 1 is 0.909 bits per heavy atom. The summed E-state index contributed by atoms with van der Waals surface area (Å²) in [6.45, 7) is 10.9. The van der Waals surface area contributed by atoms with Gasteiger partial charge in [0.1, 0.15) is 6.61 Å². The van der Waals surface area contributed by atoms with E-state index in [0.29, 0.717) is 52.1 Å². The van der Waals surface area contributed by atoms with Crippen molar-refractivity contribution in [3.05, 3.63) is 0 Å². The third-order valence-electron chi connectivity index (χ3n) is 2.82. The van der Waals surface area contributed by atoms with E-state index in [9.17, 15) is 4.79 Å². The minimum absolute atomic E-state index is 0.0577. The molecular weight excluding hydrogens is 286 g/mol. The largest absolute Gasteiger partial charge is 0.380 e. The number of amides is 1. The minimum Gasteiger partial charge on any atom is -0.380 e. The van der Waals surface area contributed by atoms with Crippen molar-refractivity contribution in [3.63, 3.8) is 0 Å². The summed E-state index contributed by atoms with van der Waals surface area (Å²) in [5.41, 5.74) is 0. The van der Waals surface area contributed by atoms with Gasteiger partial charge in [-0.1, -0.05) is 13.8 Å². The van der Waals surface area contributed by atoms with E-state index in [2.05, 4.69) is 19.2 Å². The SMILES string of the molecule is CCOCCOCCOCC(=O)NCCOCCCC(C)C. The lowest BCUT2D eigenvalue weighted by atomic mass is 10.1. The van der Waals surface area contributed by atoms with Crippen molar-refractivity contribution in [1.29, 1.82) is 0 Å². The average Bonchev–Trinajstić information content (AvgIpc) is 2.48. The highest BCUT2D eigenvalue weighted by molar-refractivity contribution is 5.77. The summed E-state index contributed by atoms with van der Waals surface area (Å²) < 4.78 is 21.0. The molecule has 1 amide bonds. The van der Waals surface area contributed by atoms with E-state index >= 15 is 0 Å². The summed E-state index contributed by atoms with van der Waals surface area (Å²) >= 11 is 0. The molecule has 0 aliphatic heterocycles. The van der Waals surface area contributed by atoms with E-state index in [-0.39, 0.29) is 12.5 Å². The number of rotatable bonds is 16. The van der Waals surface area contributed by atoms with Gasteiger partial charge in [0.25, 0.3) is 0 Å². The molecule has 0 unspecified atom stereocenters. The van der Waals surface area contributed by atoms with Crippen molar-refractivity contribution in [1.82, 2.24) is 5.32 Å². The van der Waals surface area contributed by atoms with Crippen LogP contribution in [0.4, 0.5) is 0 Å². The van der Waals surface area contributed by atoms with Gasteiger partial charge in [0.15, 0.2) is 0 Å². The van der Waals surface area contributed by atoms with Crippen LogP contribution in [-0.4, -0.2) is 65.3 Å². The fourth-order valence-corrected chi connectivity index (χ4v) is 1.66. The van der Waals surface area contributed by atoms with Gasteiger partial charge in [-0.3, -0.25) is 4.79 Å². The van der Waals surface area contributed by atoms with Crippen molar-refractivity contribution in [2.45, 2.75) is 33.6 Å². The van der Waals surface area contributed by atoms with Crippen molar-refractivity contribution in [3.8, 4) is 0 Å². The fourth-order valence-electron chi connectivity index (χ4n) is 1.66. The van der Waals surface area contributed by atoms with Crippen LogP contribution in [0, 0.1) is 5.92 Å². The molecule has 6 heteroatoms. The maximum Gasteiger partial charge on any atom is 0.246 e. The Bertz CT molecular complexity index is 249. The first-order valence-corrected chi connectivity index (χ1v) is 8.24. The lowest BCUT2D eigenvalue weighted by Gasteiger charge is -2.08. The van der Waals surface area contributed by atoms with Gasteiger partial charge >= 0.3 is 0 Å². The predicted molar refractivity (Wildman–Crippen MR) is 86.0 cm³/mol. The quantitative estimate of drug-likeness (QED) is 0.438. The van der Waals surface area contributed by atoms with Crippen LogP contribution >= 0.6 is 0 Å². The Balaban J connectivity index is 3.16. The standard InChI is InChI=1S/C16H33NO5/c1-4-19-10-11-21-12-13-22-14-16(18)17-7-9-20-8-5-6-15(2)3/h15H,4-14H2,1-3H3,(H,17,18). The summed E-state index contributed by atoms with van der Waals surface area (Å²) in [5, 5.41) is 2.75. The maximum atomic E-state index is 11.4. The number of ether oxygens (including phenoxy) is 4. The Hall–Kier alpha value is -0.690. The topological polar surface area (TPSA) is 66.0 Å². The normalized spacial score (nSPS) is 11.1. The molecule has 132 valence electrons. The van der Waals surface area contributed by atoms with Gasteiger partial charge in [-0.25, -0.2) is 0 Å². The number of carbonyl (C=O) groups is 1. The second kappa shape index (κ2) is 16.7. The Labute approximate surface area is 134 Å². The van der Waals surface area contributed by atoms with Gasteiger partial charge in [0, 0.05) is 19.8 Å². The third kappa shape index (κ3) is 17.4. The summed E-state index contributed by atoms with van der Waals surface area (Å²) in [4.78, 5) is 11.4. The molecular formula is C16H33NO5. The van der Waals surface area contributed by atoms with E-state index in [1.165, 1.54) is 6.42 Å². The average molecular weight is 319 g/mol. The Morgan fingerprint density at radius 2 is 1.55 bits per heavy atom. The molecule has 6 nitrogen and oxygen atoms in total. The molecule has 0 radical (unpaired) electrons. The lowest BCUT2D eigenvalue weighted by molar-refractivity contribution is -0.126. The van der Waals surface area contributed by atoms with Crippen LogP contribution < -0.4 is 5.32 Å². The molecule has 0 saturated carbocycles. The summed E-state index contributed by atoms with van der Waals surface area (Å²) in [7, 11) is 0. The molecule has 0 aromatic rings. The Kier molecular flexibility index (Phi) is 16.2. The van der Waals surface area contributed by atoms with Crippen LogP contribution in [0.15, 0.2) is 0 Å². The lowest BCUT2D eigenvalue weighted by Crippen LogP contribution is -2.31. The van der Waals surface area contributed by atoms with Gasteiger partial charge in [-0.2, -0.15) is 0 Å². The Morgan fingerprint density at radius 3 is 2.23 bits per heavy atom. The summed E-state index contributed by atoms with van der Waals surface area (Å²) in [6, 6.07) is 0. The van der Waals surface area contributed by atoms with Crippen LogP contribution in [0.1, 0.15) is 33.6 Å². The van der Waals surface area contributed by atoms with Crippen LogP contribution in [0.3, 0.4) is 0 Å². The molecule has 0 atom stereocenters. The molecule has 1 N–H and O–H groups in total. The van der Waals surface area contributed by atoms with E-state index in [4.69, 9.17) is 18.9 Å². The minimum atomic E-state index is -0.125. The van der Waals surface area contributed by atoms with E-state index in [0.717, 1.165) is 13.0 Å². The molecule has 0 aromatic carbocycles. The predicted octanol–water partition coefficient (Wildman–Crippen LogP) is 1.63. The highest BCUT2D eigenvalue weighted by atomic mass is 16.5. The zero-order valence-corrected chi connectivity index (χ0v) is 14.4. The van der Waals surface area contributed by atoms with Crippen molar-refractivity contribution < 1.29 is 23.7 Å². The number of hydrogen-bond acceptors (Lipinski definition) is 5. The van der Waals surface area contributed by atoms with Crippen LogP contribution in [-0.2, 0) is 23.7 Å². The zero-order chi connectivity index (χ0) is 16.5. The van der Waals surface area contributed by atoms with Crippen LogP contribution in [0.25, 0.3) is 0 Å². The molecule has 0 aliphatic rings. The molecule has 0 fully saturated rings. The zero-order valence-electron chi connectivity index (χ0n) is 14.4. The second-order valence-corrected chi connectivity index (χ2v) is 5.36. The fraction of sp³-hybridized carbons (Fsp3) is 0.938. The molecule has 0 spiro atoms. The highest BCUT2D eigenvalue weighted by Gasteiger charge is 2.00. The monoisotopic (exact) mass is 319 g/mol. The van der Waals surface area contributed by atoms with Gasteiger partial charge < -0.3 is 24.3 Å². The molecule has 0 rings (SSSR count). The van der Waals surface area contributed by atoms with Crippen molar-refractivity contribution in [2.24, 2.45) is 5.92 Å². The van der Waals surface area contributed by atoms with Gasteiger partial charge in [0.2, 0.25) is 5.91 Å². The first-order valence-electron chi connectivity index (χ1n) is 8.24. The first kappa shape index (κ1) is 21.3. The van der Waals surface area contributed by atoms with Gasteiger partial charge in [-0.05, 0) is 25.7 Å². The van der Waals surface area contributed by atoms with Gasteiger partial charge in [0.05, 0.1) is 33.0 Å². The first-order chi connectivity index (χ1) is 10.7. The van der Waals surface area contributed by atoms with Crippen molar-refractivity contribution >= 4 is 5.91 Å². The van der Waals surface area contributed by atoms with Crippen LogP contribution in [0.5, 0.6) is 0 Å². The number of nitrogens with one attached hydrogen (secondary N) is 1. The molecule has 0 bridgehead atoms. The second-order valence-electron chi connectivity index (χ2n) is 5.36. The maximum absolute atomic E-state index is 11.4. The molecule has 0 heterocycles. The van der Waals surface area contributed by atoms with E-state index in [1.807, 2.05) is 6.92 Å².